The molecule has 1 atom stereocenters. The fourth-order valence-electron chi connectivity index (χ4n) is 4.09. The molecular formula is C26H32N4O. The van der Waals surface area contributed by atoms with Crippen molar-refractivity contribution < 1.29 is 4.79 Å². The molecule has 2 aromatic carbocycles. The maximum atomic E-state index is 13.0. The summed E-state index contributed by atoms with van der Waals surface area (Å²) in [5.74, 6) is -0.0111. The van der Waals surface area contributed by atoms with Crippen molar-refractivity contribution in [2.24, 2.45) is 5.41 Å². The average Bonchev–Trinajstić information content (AvgIpc) is 3.26. The summed E-state index contributed by atoms with van der Waals surface area (Å²) in [5.41, 5.74) is 4.64. The zero-order chi connectivity index (χ0) is 21.8. The first-order valence-corrected chi connectivity index (χ1v) is 11.0. The number of carbonyl (C=O) groups excluding carboxylic acids is 1. The van der Waals surface area contributed by atoms with E-state index in [1.54, 1.807) is 6.20 Å². The number of benzene rings is 2. The molecule has 2 heterocycles. The van der Waals surface area contributed by atoms with E-state index in [9.17, 15) is 4.79 Å². The molecule has 1 aromatic heterocycles. The van der Waals surface area contributed by atoms with Crippen LogP contribution in [0.3, 0.4) is 0 Å². The van der Waals surface area contributed by atoms with Crippen molar-refractivity contribution in [2.75, 3.05) is 13.1 Å². The molecule has 31 heavy (non-hydrogen) atoms. The molecule has 162 valence electrons. The summed E-state index contributed by atoms with van der Waals surface area (Å²) in [6.45, 7) is 10.1. The van der Waals surface area contributed by atoms with Gasteiger partial charge >= 0.3 is 0 Å². The second-order valence-electron chi connectivity index (χ2n) is 9.55. The van der Waals surface area contributed by atoms with E-state index in [2.05, 4.69) is 60.4 Å². The number of fused-ring (bicyclic) bond motifs is 1. The van der Waals surface area contributed by atoms with Gasteiger partial charge < -0.3 is 5.32 Å². The van der Waals surface area contributed by atoms with Gasteiger partial charge in [0.25, 0.3) is 5.91 Å². The van der Waals surface area contributed by atoms with Crippen LogP contribution < -0.4 is 5.32 Å². The van der Waals surface area contributed by atoms with Gasteiger partial charge in [-0.3, -0.25) is 14.4 Å². The molecule has 4 rings (SSSR count). The molecule has 0 radical (unpaired) electrons. The smallest absolute Gasteiger partial charge is 0.251 e. The second kappa shape index (κ2) is 9.06. The van der Waals surface area contributed by atoms with Crippen LogP contribution in [0.4, 0.5) is 0 Å². The molecule has 1 N–H and O–H groups in total. The van der Waals surface area contributed by atoms with Crippen LogP contribution in [0.2, 0.25) is 0 Å². The molecule has 0 bridgehead atoms. The molecular weight excluding hydrogens is 384 g/mol. The van der Waals surface area contributed by atoms with Gasteiger partial charge in [-0.2, -0.15) is 5.10 Å². The molecule has 5 nitrogen and oxygen atoms in total. The molecule has 0 spiro atoms. The van der Waals surface area contributed by atoms with Crippen molar-refractivity contribution >= 4 is 5.91 Å². The Kier molecular flexibility index (Phi) is 6.23. The lowest BCUT2D eigenvalue weighted by atomic mass is 9.85. The Bertz CT molecular complexity index is 1000. The number of carbonyl (C=O) groups is 1. The number of hydrogen-bond acceptors (Lipinski definition) is 3. The van der Waals surface area contributed by atoms with E-state index in [0.717, 1.165) is 31.6 Å². The first-order chi connectivity index (χ1) is 14.9. The minimum atomic E-state index is -0.0351. The highest BCUT2D eigenvalue weighted by molar-refractivity contribution is 5.94. The molecule has 1 aliphatic heterocycles. The second-order valence-corrected chi connectivity index (χ2v) is 9.55. The summed E-state index contributed by atoms with van der Waals surface area (Å²) in [5, 5.41) is 7.55. The summed E-state index contributed by atoms with van der Waals surface area (Å²) >= 11 is 0. The van der Waals surface area contributed by atoms with E-state index < -0.39 is 0 Å². The lowest BCUT2D eigenvalue weighted by Crippen LogP contribution is -2.51. The lowest BCUT2D eigenvalue weighted by molar-refractivity contribution is 0.0863. The number of hydrogen-bond donors (Lipinski definition) is 1. The van der Waals surface area contributed by atoms with Gasteiger partial charge in [-0.15, -0.1) is 0 Å². The highest BCUT2D eigenvalue weighted by Gasteiger charge is 2.29. The van der Waals surface area contributed by atoms with Crippen LogP contribution in [0.15, 0.2) is 67.0 Å². The predicted molar refractivity (Wildman–Crippen MR) is 124 cm³/mol. The van der Waals surface area contributed by atoms with Crippen molar-refractivity contribution in [1.29, 1.82) is 0 Å². The van der Waals surface area contributed by atoms with Gasteiger partial charge in [0, 0.05) is 43.6 Å². The van der Waals surface area contributed by atoms with Gasteiger partial charge in [0.1, 0.15) is 0 Å². The molecule has 0 aliphatic carbocycles. The van der Waals surface area contributed by atoms with Crippen molar-refractivity contribution in [2.45, 2.75) is 46.3 Å². The Morgan fingerprint density at radius 3 is 2.48 bits per heavy atom. The SMILES string of the molecule is CC(C)(C)[C@@H](CN1CCc2ccccc2C1)NC(=O)c1ccc(Cn2cccn2)cc1. The Hall–Kier alpha value is -2.92. The van der Waals surface area contributed by atoms with E-state index >= 15 is 0 Å². The number of rotatable bonds is 6. The molecule has 3 aromatic rings. The monoisotopic (exact) mass is 416 g/mol. The van der Waals surface area contributed by atoms with Gasteiger partial charge in [-0.1, -0.05) is 57.2 Å². The van der Waals surface area contributed by atoms with E-state index in [1.807, 2.05) is 41.2 Å². The fraction of sp³-hybridized carbons (Fsp3) is 0.385. The third kappa shape index (κ3) is 5.42. The van der Waals surface area contributed by atoms with E-state index in [-0.39, 0.29) is 17.4 Å². The van der Waals surface area contributed by atoms with Crippen molar-refractivity contribution in [3.8, 4) is 0 Å². The fourth-order valence-corrected chi connectivity index (χ4v) is 4.09. The lowest BCUT2D eigenvalue weighted by Gasteiger charge is -2.38. The standard InChI is InChI=1S/C26H32N4O/c1-26(2,3)24(19-29-16-13-21-7-4-5-8-23(21)18-29)28-25(31)22-11-9-20(10-12-22)17-30-15-6-14-27-30/h4-12,14-15,24H,13,16-19H2,1-3H3,(H,28,31)/t24-/m1/s1. The first-order valence-electron chi connectivity index (χ1n) is 11.0. The highest BCUT2D eigenvalue weighted by Crippen LogP contribution is 2.24. The van der Waals surface area contributed by atoms with E-state index in [1.165, 1.54) is 11.1 Å². The minimum absolute atomic E-state index is 0.0111. The highest BCUT2D eigenvalue weighted by atomic mass is 16.1. The first kappa shape index (κ1) is 21.3. The maximum absolute atomic E-state index is 13.0. The van der Waals surface area contributed by atoms with Gasteiger partial charge in [0.05, 0.1) is 6.54 Å². The third-order valence-electron chi connectivity index (χ3n) is 6.12. The molecule has 1 aliphatic rings. The normalized spacial score (nSPS) is 15.3. The Morgan fingerprint density at radius 1 is 1.06 bits per heavy atom. The molecule has 0 saturated heterocycles. The number of nitrogens with one attached hydrogen (secondary N) is 1. The van der Waals surface area contributed by atoms with Crippen molar-refractivity contribution in [3.05, 3.63) is 89.2 Å². The minimum Gasteiger partial charge on any atom is -0.347 e. The molecule has 1 amide bonds. The largest absolute Gasteiger partial charge is 0.347 e. The summed E-state index contributed by atoms with van der Waals surface area (Å²) in [6, 6.07) is 18.5. The van der Waals surface area contributed by atoms with Crippen LogP contribution in [-0.2, 0) is 19.5 Å². The Balaban J connectivity index is 1.40. The maximum Gasteiger partial charge on any atom is 0.251 e. The summed E-state index contributed by atoms with van der Waals surface area (Å²) < 4.78 is 1.88. The molecule has 0 fully saturated rings. The van der Waals surface area contributed by atoms with Gasteiger partial charge in [-0.05, 0) is 46.7 Å². The number of nitrogens with zero attached hydrogens (tertiary/aromatic N) is 3. The number of aromatic nitrogens is 2. The zero-order valence-electron chi connectivity index (χ0n) is 18.7. The summed E-state index contributed by atoms with van der Waals surface area (Å²) in [7, 11) is 0. The van der Waals surface area contributed by atoms with Crippen molar-refractivity contribution in [3.63, 3.8) is 0 Å². The molecule has 5 heteroatoms. The zero-order valence-corrected chi connectivity index (χ0v) is 18.7. The van der Waals surface area contributed by atoms with Gasteiger partial charge in [0.2, 0.25) is 0 Å². The van der Waals surface area contributed by atoms with Crippen LogP contribution >= 0.6 is 0 Å². The van der Waals surface area contributed by atoms with E-state index in [0.29, 0.717) is 12.1 Å². The van der Waals surface area contributed by atoms with Crippen LogP contribution in [0.25, 0.3) is 0 Å². The number of amides is 1. The Morgan fingerprint density at radius 2 is 1.81 bits per heavy atom. The summed E-state index contributed by atoms with van der Waals surface area (Å²) in [6.07, 6.45) is 4.78. The van der Waals surface area contributed by atoms with Crippen LogP contribution in [0.5, 0.6) is 0 Å². The quantitative estimate of drug-likeness (QED) is 0.657. The van der Waals surface area contributed by atoms with Crippen LogP contribution in [0, 0.1) is 5.41 Å². The Labute approximate surface area is 185 Å². The third-order valence-corrected chi connectivity index (χ3v) is 6.12. The summed E-state index contributed by atoms with van der Waals surface area (Å²) in [4.78, 5) is 15.5. The average molecular weight is 417 g/mol. The van der Waals surface area contributed by atoms with Gasteiger partial charge in [0.15, 0.2) is 0 Å². The van der Waals surface area contributed by atoms with Gasteiger partial charge in [-0.25, -0.2) is 0 Å². The predicted octanol–water partition coefficient (Wildman–Crippen LogP) is 4.13. The molecule has 0 unspecified atom stereocenters. The molecule has 0 saturated carbocycles. The van der Waals surface area contributed by atoms with E-state index in [4.69, 9.17) is 0 Å². The van der Waals surface area contributed by atoms with Crippen LogP contribution in [-0.4, -0.2) is 39.7 Å². The van der Waals surface area contributed by atoms with Crippen LogP contribution in [0.1, 0.15) is 47.8 Å². The van der Waals surface area contributed by atoms with Crippen molar-refractivity contribution in [1.82, 2.24) is 20.0 Å². The topological polar surface area (TPSA) is 50.2 Å².